The summed E-state index contributed by atoms with van der Waals surface area (Å²) in [5.41, 5.74) is 0.0201. The molecule has 0 saturated heterocycles. The Labute approximate surface area is 92.1 Å². The Bertz CT molecular complexity index is 473. The van der Waals surface area contributed by atoms with Crippen molar-refractivity contribution in [3.8, 4) is 5.75 Å². The zero-order valence-corrected chi connectivity index (χ0v) is 8.38. The summed E-state index contributed by atoms with van der Waals surface area (Å²) in [6.45, 7) is 0.192. The van der Waals surface area contributed by atoms with Crippen molar-refractivity contribution >= 4 is 5.97 Å². The van der Waals surface area contributed by atoms with Gasteiger partial charge in [-0.1, -0.05) is 18.2 Å². The quantitative estimate of drug-likeness (QED) is 0.772. The second-order valence-electron chi connectivity index (χ2n) is 3.19. The topological polar surface area (TPSA) is 62.5 Å². The van der Waals surface area contributed by atoms with Crippen molar-refractivity contribution in [2.45, 2.75) is 6.61 Å². The van der Waals surface area contributed by atoms with Gasteiger partial charge in [0, 0.05) is 5.56 Å². The fourth-order valence-corrected chi connectivity index (χ4v) is 1.23. The fourth-order valence-electron chi connectivity index (χ4n) is 1.23. The largest absolute Gasteiger partial charge is 0.545 e. The molecular weight excluding hydrogens is 208 g/mol. The summed E-state index contributed by atoms with van der Waals surface area (Å²) >= 11 is 0. The summed E-state index contributed by atoms with van der Waals surface area (Å²) in [6.07, 6.45) is 1.14. The zero-order valence-electron chi connectivity index (χ0n) is 8.38. The van der Waals surface area contributed by atoms with Crippen LogP contribution in [0.25, 0.3) is 0 Å². The van der Waals surface area contributed by atoms with Gasteiger partial charge in [0.1, 0.15) is 18.1 Å². The van der Waals surface area contributed by atoms with Gasteiger partial charge in [0.25, 0.3) is 0 Å². The Morgan fingerprint density at radius 2 is 2.06 bits per heavy atom. The van der Waals surface area contributed by atoms with Gasteiger partial charge < -0.3 is 19.1 Å². The van der Waals surface area contributed by atoms with Gasteiger partial charge in [0.15, 0.2) is 0 Å². The van der Waals surface area contributed by atoms with E-state index in [9.17, 15) is 9.90 Å². The number of furan rings is 1. The average molecular weight is 217 g/mol. The smallest absolute Gasteiger partial charge is 0.146 e. The van der Waals surface area contributed by atoms with Crippen LogP contribution in [0.3, 0.4) is 0 Å². The van der Waals surface area contributed by atoms with Crippen molar-refractivity contribution < 1.29 is 19.1 Å². The minimum absolute atomic E-state index is 0.0201. The van der Waals surface area contributed by atoms with E-state index in [1.54, 1.807) is 0 Å². The van der Waals surface area contributed by atoms with Gasteiger partial charge >= 0.3 is 0 Å². The van der Waals surface area contributed by atoms with Crippen LogP contribution in [0.1, 0.15) is 16.1 Å². The van der Waals surface area contributed by atoms with Crippen molar-refractivity contribution in [2.24, 2.45) is 0 Å². The van der Waals surface area contributed by atoms with E-state index in [-0.39, 0.29) is 12.2 Å². The van der Waals surface area contributed by atoms with Gasteiger partial charge in [-0.2, -0.15) is 0 Å². The molecule has 0 amide bonds. The number of carbonyl (C=O) groups is 1. The minimum Gasteiger partial charge on any atom is -0.545 e. The molecule has 0 saturated carbocycles. The highest BCUT2D eigenvalue weighted by Crippen LogP contribution is 2.13. The van der Waals surface area contributed by atoms with E-state index in [1.807, 2.05) is 30.3 Å². The van der Waals surface area contributed by atoms with Crippen molar-refractivity contribution in [2.75, 3.05) is 0 Å². The molecule has 0 aliphatic rings. The Morgan fingerprint density at radius 3 is 2.69 bits per heavy atom. The van der Waals surface area contributed by atoms with Crippen LogP contribution < -0.4 is 9.84 Å². The van der Waals surface area contributed by atoms with E-state index in [1.165, 1.54) is 6.07 Å². The molecule has 0 bridgehead atoms. The summed E-state index contributed by atoms with van der Waals surface area (Å²) < 4.78 is 10.4. The molecule has 82 valence electrons. The van der Waals surface area contributed by atoms with Gasteiger partial charge in [-0.25, -0.2) is 0 Å². The van der Waals surface area contributed by atoms with Crippen molar-refractivity contribution in [1.29, 1.82) is 0 Å². The Kier molecular flexibility index (Phi) is 2.91. The van der Waals surface area contributed by atoms with Crippen LogP contribution in [0.5, 0.6) is 5.75 Å². The molecule has 0 unspecified atom stereocenters. The molecule has 0 spiro atoms. The third kappa shape index (κ3) is 2.42. The van der Waals surface area contributed by atoms with Crippen LogP contribution in [0.4, 0.5) is 0 Å². The first-order valence-electron chi connectivity index (χ1n) is 4.72. The van der Waals surface area contributed by atoms with Crippen LogP contribution in [-0.4, -0.2) is 5.97 Å². The lowest BCUT2D eigenvalue weighted by Crippen LogP contribution is -2.21. The van der Waals surface area contributed by atoms with E-state index >= 15 is 0 Å². The van der Waals surface area contributed by atoms with Crippen LogP contribution in [0, 0.1) is 0 Å². The number of carbonyl (C=O) groups excluding carboxylic acids is 1. The summed E-state index contributed by atoms with van der Waals surface area (Å²) in [5, 5.41) is 10.5. The van der Waals surface area contributed by atoms with Crippen molar-refractivity contribution in [3.05, 3.63) is 54.0 Å². The monoisotopic (exact) mass is 217 g/mol. The fraction of sp³-hybridized carbons (Fsp3) is 0.0833. The minimum atomic E-state index is -1.25. The van der Waals surface area contributed by atoms with Gasteiger partial charge in [-0.3, -0.25) is 0 Å². The molecule has 0 aliphatic carbocycles. The molecule has 4 heteroatoms. The lowest BCUT2D eigenvalue weighted by molar-refractivity contribution is -0.255. The lowest BCUT2D eigenvalue weighted by atomic mass is 10.3. The van der Waals surface area contributed by atoms with Crippen molar-refractivity contribution in [1.82, 2.24) is 0 Å². The highest BCUT2D eigenvalue weighted by Gasteiger charge is 2.03. The van der Waals surface area contributed by atoms with Gasteiger partial charge in [0.05, 0.1) is 12.2 Å². The SMILES string of the molecule is O=C([O-])c1coc(COc2ccccc2)c1. The molecule has 1 aromatic heterocycles. The highest BCUT2D eigenvalue weighted by molar-refractivity contribution is 5.85. The van der Waals surface area contributed by atoms with E-state index in [4.69, 9.17) is 9.15 Å². The third-order valence-electron chi connectivity index (χ3n) is 2.01. The zero-order chi connectivity index (χ0) is 11.4. The maximum Gasteiger partial charge on any atom is 0.146 e. The molecule has 0 N–H and O–H groups in total. The van der Waals surface area contributed by atoms with Gasteiger partial charge in [-0.15, -0.1) is 0 Å². The van der Waals surface area contributed by atoms with Gasteiger partial charge in [0.2, 0.25) is 0 Å². The maximum absolute atomic E-state index is 10.5. The summed E-state index contributed by atoms with van der Waals surface area (Å²) in [4.78, 5) is 10.5. The molecule has 4 nitrogen and oxygen atoms in total. The van der Waals surface area contributed by atoms with E-state index in [2.05, 4.69) is 0 Å². The number of rotatable bonds is 4. The maximum atomic E-state index is 10.5. The average Bonchev–Trinajstić information content (AvgIpc) is 2.76. The molecular formula is C12H9O4-. The first-order valence-corrected chi connectivity index (χ1v) is 4.72. The Hall–Kier alpha value is -2.23. The summed E-state index contributed by atoms with van der Waals surface area (Å²) in [5.74, 6) is -0.105. The van der Waals surface area contributed by atoms with Crippen LogP contribution >= 0.6 is 0 Å². The predicted molar refractivity (Wildman–Crippen MR) is 53.8 cm³/mol. The third-order valence-corrected chi connectivity index (χ3v) is 2.01. The number of carboxylic acid groups (broad SMARTS) is 1. The molecule has 0 atom stereocenters. The molecule has 1 heterocycles. The number of hydrogen-bond donors (Lipinski definition) is 0. The predicted octanol–water partition coefficient (Wildman–Crippen LogP) is 1.22. The van der Waals surface area contributed by atoms with Crippen LogP contribution in [0.15, 0.2) is 47.1 Å². The molecule has 0 radical (unpaired) electrons. The standard InChI is InChI=1S/C12H10O4/c13-12(14)9-6-11(15-7-9)8-16-10-4-2-1-3-5-10/h1-7H,8H2,(H,13,14)/p-1. The molecule has 2 rings (SSSR count). The van der Waals surface area contributed by atoms with Crippen LogP contribution in [-0.2, 0) is 6.61 Å². The second-order valence-corrected chi connectivity index (χ2v) is 3.19. The molecule has 16 heavy (non-hydrogen) atoms. The summed E-state index contributed by atoms with van der Waals surface area (Å²) in [6, 6.07) is 10.6. The Balaban J connectivity index is 1.97. The lowest BCUT2D eigenvalue weighted by Gasteiger charge is -2.02. The molecule has 2 aromatic rings. The number of carboxylic acids is 1. The Morgan fingerprint density at radius 1 is 1.31 bits per heavy atom. The number of hydrogen-bond acceptors (Lipinski definition) is 4. The first-order chi connectivity index (χ1) is 7.75. The number of ether oxygens (including phenoxy) is 1. The number of aromatic carboxylic acids is 1. The highest BCUT2D eigenvalue weighted by atomic mass is 16.5. The van der Waals surface area contributed by atoms with Crippen molar-refractivity contribution in [3.63, 3.8) is 0 Å². The summed E-state index contributed by atoms with van der Waals surface area (Å²) in [7, 11) is 0. The van der Waals surface area contributed by atoms with Gasteiger partial charge in [-0.05, 0) is 18.2 Å². The second kappa shape index (κ2) is 4.53. The molecule has 1 aromatic carbocycles. The van der Waals surface area contributed by atoms with Crippen LogP contribution in [0.2, 0.25) is 0 Å². The number of para-hydroxylation sites is 1. The number of benzene rings is 1. The molecule has 0 fully saturated rings. The molecule has 0 aliphatic heterocycles. The van der Waals surface area contributed by atoms with E-state index in [0.717, 1.165) is 6.26 Å². The van der Waals surface area contributed by atoms with E-state index in [0.29, 0.717) is 11.5 Å². The van der Waals surface area contributed by atoms with E-state index < -0.39 is 5.97 Å². The first kappa shape index (κ1) is 10.3. The normalized spacial score (nSPS) is 10.0.